The molecule has 0 spiro atoms. The molecule has 0 bridgehead atoms. The van der Waals surface area contributed by atoms with E-state index in [0.29, 0.717) is 6.42 Å². The van der Waals surface area contributed by atoms with Gasteiger partial charge in [0.1, 0.15) is 0 Å². The maximum absolute atomic E-state index is 5.82. The van der Waals surface area contributed by atoms with Gasteiger partial charge in [-0.3, -0.25) is 0 Å². The van der Waals surface area contributed by atoms with Gasteiger partial charge in [0.25, 0.3) is 5.79 Å². The van der Waals surface area contributed by atoms with Gasteiger partial charge in [-0.2, -0.15) is 0 Å². The van der Waals surface area contributed by atoms with E-state index in [-0.39, 0.29) is 0 Å². The largest absolute Gasteiger partial charge is 0.348 e. The van der Waals surface area contributed by atoms with Gasteiger partial charge in [-0.1, -0.05) is 60.7 Å². The molecule has 0 saturated carbocycles. The van der Waals surface area contributed by atoms with Crippen LogP contribution in [-0.2, 0) is 31.2 Å². The normalized spacial score (nSPS) is 12.3. The van der Waals surface area contributed by atoms with E-state index in [1.165, 1.54) is 0 Å². The first-order chi connectivity index (χ1) is 11.2. The van der Waals surface area contributed by atoms with Gasteiger partial charge in [-0.05, 0) is 5.56 Å². The van der Waals surface area contributed by atoms with Crippen LogP contribution in [0.2, 0.25) is 0 Å². The third-order valence-corrected chi connectivity index (χ3v) is 4.17. The minimum Gasteiger partial charge on any atom is -0.348 e. The van der Waals surface area contributed by atoms with E-state index in [1.807, 2.05) is 60.7 Å². The number of benzene rings is 2. The predicted molar refractivity (Wildman–Crippen MR) is 89.0 cm³/mol. The average molecular weight is 316 g/mol. The lowest BCUT2D eigenvalue weighted by Gasteiger charge is -2.46. The first-order valence-electron chi connectivity index (χ1n) is 7.48. The van der Waals surface area contributed by atoms with Gasteiger partial charge in [0.05, 0.1) is 0 Å². The first-order valence-corrected chi connectivity index (χ1v) is 7.48. The summed E-state index contributed by atoms with van der Waals surface area (Å²) in [6, 6.07) is 19.7. The lowest BCUT2D eigenvalue weighted by molar-refractivity contribution is -0.396. The van der Waals surface area contributed by atoms with Gasteiger partial charge >= 0.3 is 0 Å². The van der Waals surface area contributed by atoms with Crippen molar-refractivity contribution in [3.8, 4) is 0 Å². The van der Waals surface area contributed by atoms with Gasteiger partial charge in [-0.25, -0.2) is 0 Å². The molecule has 4 heteroatoms. The Hall–Kier alpha value is -1.72. The molecule has 4 nitrogen and oxygen atoms in total. The highest BCUT2D eigenvalue weighted by Crippen LogP contribution is 2.42. The van der Waals surface area contributed by atoms with E-state index in [1.54, 1.807) is 28.4 Å². The van der Waals surface area contributed by atoms with Crippen molar-refractivity contribution in [2.24, 2.45) is 0 Å². The summed E-state index contributed by atoms with van der Waals surface area (Å²) >= 11 is 0. The molecule has 0 atom stereocenters. The molecule has 0 unspecified atom stereocenters. The monoisotopic (exact) mass is 316 g/mol. The Morgan fingerprint density at radius 3 is 1.57 bits per heavy atom. The number of hydrogen-bond donors (Lipinski definition) is 0. The first kappa shape index (κ1) is 17.6. The van der Waals surface area contributed by atoms with Crippen LogP contribution in [0.25, 0.3) is 0 Å². The lowest BCUT2D eigenvalue weighted by Crippen LogP contribution is -2.58. The van der Waals surface area contributed by atoms with E-state index in [0.717, 1.165) is 11.1 Å². The topological polar surface area (TPSA) is 36.9 Å². The van der Waals surface area contributed by atoms with Crippen molar-refractivity contribution in [3.63, 3.8) is 0 Å². The SMILES string of the molecule is COC(Cc1ccccc1)(OC)C(OC)(OC)c1ccccc1. The Labute approximate surface area is 137 Å². The van der Waals surface area contributed by atoms with Crippen LogP contribution in [0.3, 0.4) is 0 Å². The smallest absolute Gasteiger partial charge is 0.251 e. The van der Waals surface area contributed by atoms with Crippen molar-refractivity contribution in [1.82, 2.24) is 0 Å². The second-order valence-electron chi connectivity index (χ2n) is 5.21. The highest BCUT2D eigenvalue weighted by molar-refractivity contribution is 5.26. The van der Waals surface area contributed by atoms with E-state index in [9.17, 15) is 0 Å². The van der Waals surface area contributed by atoms with Crippen LogP contribution < -0.4 is 0 Å². The summed E-state index contributed by atoms with van der Waals surface area (Å²) in [4.78, 5) is 0. The molecule has 2 aromatic rings. The van der Waals surface area contributed by atoms with E-state index in [4.69, 9.17) is 18.9 Å². The summed E-state index contributed by atoms with van der Waals surface area (Å²) in [6.07, 6.45) is 0.470. The molecule has 0 aromatic heterocycles. The van der Waals surface area contributed by atoms with E-state index >= 15 is 0 Å². The van der Waals surface area contributed by atoms with Crippen molar-refractivity contribution in [3.05, 3.63) is 71.8 Å². The molecule has 0 heterocycles. The molecule has 124 valence electrons. The fourth-order valence-corrected chi connectivity index (χ4v) is 2.98. The Morgan fingerprint density at radius 1 is 0.652 bits per heavy atom. The molecular formula is C19H24O4. The van der Waals surface area contributed by atoms with Gasteiger partial charge in [-0.15, -0.1) is 0 Å². The average Bonchev–Trinajstić information content (AvgIpc) is 2.64. The van der Waals surface area contributed by atoms with Crippen LogP contribution in [0.15, 0.2) is 60.7 Å². The third kappa shape index (κ3) is 3.16. The van der Waals surface area contributed by atoms with Gasteiger partial charge < -0.3 is 18.9 Å². The van der Waals surface area contributed by atoms with Crippen LogP contribution in [0, 0.1) is 0 Å². The zero-order valence-corrected chi connectivity index (χ0v) is 14.1. The second-order valence-corrected chi connectivity index (χ2v) is 5.21. The number of methoxy groups -OCH3 is 4. The molecule has 2 rings (SSSR count). The van der Waals surface area contributed by atoms with Crippen molar-refractivity contribution in [2.75, 3.05) is 28.4 Å². The molecule has 0 N–H and O–H groups in total. The van der Waals surface area contributed by atoms with Crippen LogP contribution in [0.1, 0.15) is 11.1 Å². The summed E-state index contributed by atoms with van der Waals surface area (Å²) in [5.41, 5.74) is 1.88. The fourth-order valence-electron chi connectivity index (χ4n) is 2.98. The molecule has 2 aromatic carbocycles. The zero-order chi connectivity index (χ0) is 16.8. The minimum atomic E-state index is -1.20. The van der Waals surface area contributed by atoms with Crippen LogP contribution >= 0.6 is 0 Å². The van der Waals surface area contributed by atoms with Crippen LogP contribution in [-0.4, -0.2) is 34.2 Å². The summed E-state index contributed by atoms with van der Waals surface area (Å²) < 4.78 is 23.3. The fraction of sp³-hybridized carbons (Fsp3) is 0.368. The molecule has 0 radical (unpaired) electrons. The number of hydrogen-bond acceptors (Lipinski definition) is 4. The molecule has 0 aliphatic carbocycles. The lowest BCUT2D eigenvalue weighted by atomic mass is 9.90. The Kier molecular flexibility index (Phi) is 5.91. The van der Waals surface area contributed by atoms with Crippen molar-refractivity contribution in [1.29, 1.82) is 0 Å². The summed E-state index contributed by atoms with van der Waals surface area (Å²) in [5, 5.41) is 0. The summed E-state index contributed by atoms with van der Waals surface area (Å²) in [6.45, 7) is 0. The molecule has 0 fully saturated rings. The minimum absolute atomic E-state index is 0.470. The molecule has 23 heavy (non-hydrogen) atoms. The van der Waals surface area contributed by atoms with Gasteiger partial charge in [0.2, 0.25) is 5.79 Å². The Balaban J connectivity index is 2.54. The maximum atomic E-state index is 5.82. The second kappa shape index (κ2) is 7.70. The number of rotatable bonds is 8. The number of ether oxygens (including phenoxy) is 4. The zero-order valence-electron chi connectivity index (χ0n) is 14.1. The van der Waals surface area contributed by atoms with Gasteiger partial charge in [0.15, 0.2) is 0 Å². The predicted octanol–water partition coefficient (Wildman–Crippen LogP) is 3.36. The third-order valence-electron chi connectivity index (χ3n) is 4.17. The summed E-state index contributed by atoms with van der Waals surface area (Å²) in [5.74, 6) is -2.34. The Bertz CT molecular complexity index is 575. The summed E-state index contributed by atoms with van der Waals surface area (Å²) in [7, 11) is 6.38. The van der Waals surface area contributed by atoms with E-state index in [2.05, 4.69) is 0 Å². The maximum Gasteiger partial charge on any atom is 0.251 e. The van der Waals surface area contributed by atoms with Crippen LogP contribution in [0.4, 0.5) is 0 Å². The van der Waals surface area contributed by atoms with E-state index < -0.39 is 11.6 Å². The molecule has 0 aliphatic heterocycles. The molecule has 0 aliphatic rings. The molecule has 0 saturated heterocycles. The van der Waals surface area contributed by atoms with Crippen molar-refractivity contribution in [2.45, 2.75) is 18.0 Å². The highest BCUT2D eigenvalue weighted by Gasteiger charge is 2.56. The standard InChI is InChI=1S/C19H24O4/c1-20-18(21-2,15-16-11-7-5-8-12-16)19(22-3,23-4)17-13-9-6-10-14-17/h5-14H,15H2,1-4H3. The van der Waals surface area contributed by atoms with Crippen molar-refractivity contribution < 1.29 is 18.9 Å². The quantitative estimate of drug-likeness (QED) is 0.700. The molecule has 0 amide bonds. The molecular weight excluding hydrogens is 292 g/mol. The van der Waals surface area contributed by atoms with Gasteiger partial charge in [0, 0.05) is 40.4 Å². The Morgan fingerprint density at radius 2 is 1.13 bits per heavy atom. The van der Waals surface area contributed by atoms with Crippen molar-refractivity contribution >= 4 is 0 Å². The highest BCUT2D eigenvalue weighted by atomic mass is 16.8. The van der Waals surface area contributed by atoms with Crippen LogP contribution in [0.5, 0.6) is 0 Å².